The van der Waals surface area contributed by atoms with Crippen LogP contribution in [0.4, 0.5) is 5.82 Å². The Labute approximate surface area is 128 Å². The molecule has 2 aromatic heterocycles. The maximum absolute atomic E-state index is 12.4. The van der Waals surface area contributed by atoms with Crippen LogP contribution in [0, 0.1) is 5.41 Å². The second-order valence-electron chi connectivity index (χ2n) is 6.17. The van der Waals surface area contributed by atoms with Crippen LogP contribution in [0.1, 0.15) is 38.5 Å². The van der Waals surface area contributed by atoms with Crippen molar-refractivity contribution in [2.45, 2.75) is 45.1 Å². The zero-order valence-electron chi connectivity index (χ0n) is 12.8. The van der Waals surface area contributed by atoms with E-state index in [1.807, 2.05) is 13.2 Å². The number of nitrogens with one attached hydrogen (secondary N) is 1. The molecule has 0 atom stereocenters. The lowest BCUT2D eigenvalue weighted by Gasteiger charge is -2.36. The van der Waals surface area contributed by atoms with Crippen molar-refractivity contribution in [3.63, 3.8) is 0 Å². The first-order valence-electron chi connectivity index (χ1n) is 7.66. The first-order chi connectivity index (χ1) is 10.7. The predicted molar refractivity (Wildman–Crippen MR) is 79.8 cm³/mol. The van der Waals surface area contributed by atoms with Crippen LogP contribution in [-0.4, -0.2) is 35.9 Å². The Morgan fingerprint density at radius 3 is 2.82 bits per heavy atom. The summed E-state index contributed by atoms with van der Waals surface area (Å²) in [5.74, 6) is 0.606. The van der Waals surface area contributed by atoms with Crippen molar-refractivity contribution in [2.75, 3.05) is 5.32 Å². The van der Waals surface area contributed by atoms with Gasteiger partial charge in [0.25, 0.3) is 0 Å². The van der Waals surface area contributed by atoms with Crippen molar-refractivity contribution < 1.29 is 4.79 Å². The first kappa shape index (κ1) is 14.7. The number of hydrogen-bond donors (Lipinski definition) is 1. The van der Waals surface area contributed by atoms with E-state index >= 15 is 0 Å². The van der Waals surface area contributed by atoms with Crippen molar-refractivity contribution in [2.24, 2.45) is 12.5 Å². The summed E-state index contributed by atoms with van der Waals surface area (Å²) in [5, 5.41) is 18.4. The topological polar surface area (TPSA) is 90.5 Å². The Morgan fingerprint density at radius 2 is 2.18 bits per heavy atom. The van der Waals surface area contributed by atoms with Gasteiger partial charge in [0.15, 0.2) is 5.82 Å². The van der Waals surface area contributed by atoms with Crippen LogP contribution in [0.2, 0.25) is 0 Å². The molecule has 118 valence electrons. The third-order valence-electron chi connectivity index (χ3n) is 4.32. The van der Waals surface area contributed by atoms with E-state index < -0.39 is 0 Å². The molecule has 1 fully saturated rings. The first-order valence-corrected chi connectivity index (χ1v) is 7.66. The van der Waals surface area contributed by atoms with Crippen LogP contribution in [-0.2, 0) is 18.4 Å². The van der Waals surface area contributed by atoms with Crippen LogP contribution in [0.5, 0.6) is 0 Å². The monoisotopic (exact) mass is 303 g/mol. The SMILES string of the molecule is Cn1ccc(NC(=O)CC2(Cn3cnnn3)CCCCC2)n1. The van der Waals surface area contributed by atoms with Crippen molar-refractivity contribution in [3.8, 4) is 0 Å². The van der Waals surface area contributed by atoms with Gasteiger partial charge in [0.2, 0.25) is 5.91 Å². The van der Waals surface area contributed by atoms with E-state index in [2.05, 4.69) is 25.9 Å². The molecular formula is C14H21N7O. The molecule has 0 bridgehead atoms. The summed E-state index contributed by atoms with van der Waals surface area (Å²) in [7, 11) is 1.83. The van der Waals surface area contributed by atoms with Crippen molar-refractivity contribution in [1.82, 2.24) is 30.0 Å². The van der Waals surface area contributed by atoms with Gasteiger partial charge in [-0.15, -0.1) is 5.10 Å². The number of aryl methyl sites for hydroxylation is 1. The zero-order chi connectivity index (χ0) is 15.4. The summed E-state index contributed by atoms with van der Waals surface area (Å²) in [6.07, 6.45) is 9.51. The number of carbonyl (C=O) groups excluding carboxylic acids is 1. The summed E-state index contributed by atoms with van der Waals surface area (Å²) in [5.41, 5.74) is -0.0630. The highest BCUT2D eigenvalue weighted by Crippen LogP contribution is 2.40. The fourth-order valence-electron chi connectivity index (χ4n) is 3.30. The van der Waals surface area contributed by atoms with Gasteiger partial charge in [0.1, 0.15) is 6.33 Å². The van der Waals surface area contributed by atoms with Gasteiger partial charge >= 0.3 is 0 Å². The fourth-order valence-corrected chi connectivity index (χ4v) is 3.30. The molecule has 1 aliphatic rings. The number of tetrazole rings is 1. The minimum absolute atomic E-state index is 0.00803. The molecular weight excluding hydrogens is 282 g/mol. The maximum atomic E-state index is 12.4. The van der Waals surface area contributed by atoms with Gasteiger partial charge in [-0.1, -0.05) is 19.3 Å². The molecule has 1 amide bonds. The lowest BCUT2D eigenvalue weighted by molar-refractivity contribution is -0.119. The quantitative estimate of drug-likeness (QED) is 0.901. The molecule has 3 rings (SSSR count). The number of aromatic nitrogens is 6. The Hall–Kier alpha value is -2.25. The van der Waals surface area contributed by atoms with E-state index in [-0.39, 0.29) is 11.3 Å². The molecule has 1 N–H and O–H groups in total. The van der Waals surface area contributed by atoms with Crippen LogP contribution < -0.4 is 5.32 Å². The Bertz CT molecular complexity index is 613. The van der Waals surface area contributed by atoms with Gasteiger partial charge in [-0.2, -0.15) is 5.10 Å². The molecule has 8 heteroatoms. The van der Waals surface area contributed by atoms with Crippen LogP contribution in [0.25, 0.3) is 0 Å². The molecule has 0 unspecified atom stereocenters. The lowest BCUT2D eigenvalue weighted by Crippen LogP contribution is -2.34. The van der Waals surface area contributed by atoms with Crippen LogP contribution >= 0.6 is 0 Å². The molecule has 8 nitrogen and oxygen atoms in total. The van der Waals surface area contributed by atoms with Gasteiger partial charge in [0, 0.05) is 25.7 Å². The van der Waals surface area contributed by atoms with Crippen LogP contribution in [0.15, 0.2) is 18.6 Å². The highest BCUT2D eigenvalue weighted by molar-refractivity contribution is 5.90. The van der Waals surface area contributed by atoms with E-state index in [0.717, 1.165) is 25.7 Å². The maximum Gasteiger partial charge on any atom is 0.226 e. The van der Waals surface area contributed by atoms with E-state index in [4.69, 9.17) is 0 Å². The van der Waals surface area contributed by atoms with Crippen molar-refractivity contribution >= 4 is 11.7 Å². The average Bonchev–Trinajstić information content (AvgIpc) is 3.11. The number of carbonyl (C=O) groups is 1. The lowest BCUT2D eigenvalue weighted by atomic mass is 9.71. The van der Waals surface area contributed by atoms with E-state index in [9.17, 15) is 4.79 Å². The number of rotatable bonds is 5. The molecule has 2 aromatic rings. The Balaban J connectivity index is 1.68. The summed E-state index contributed by atoms with van der Waals surface area (Å²) in [6, 6.07) is 1.80. The molecule has 2 heterocycles. The highest BCUT2D eigenvalue weighted by Gasteiger charge is 2.35. The van der Waals surface area contributed by atoms with E-state index in [0.29, 0.717) is 18.8 Å². The predicted octanol–water partition coefficient (Wildman–Crippen LogP) is 1.39. The summed E-state index contributed by atoms with van der Waals surface area (Å²) in [6.45, 7) is 0.690. The van der Waals surface area contributed by atoms with Crippen LogP contribution in [0.3, 0.4) is 0 Å². The van der Waals surface area contributed by atoms with E-state index in [1.54, 1.807) is 21.8 Å². The minimum atomic E-state index is -0.0630. The summed E-state index contributed by atoms with van der Waals surface area (Å²) >= 11 is 0. The second kappa shape index (κ2) is 6.25. The number of anilines is 1. The highest BCUT2D eigenvalue weighted by atomic mass is 16.1. The van der Waals surface area contributed by atoms with Gasteiger partial charge in [-0.3, -0.25) is 9.48 Å². The fraction of sp³-hybridized carbons (Fsp3) is 0.643. The van der Waals surface area contributed by atoms with E-state index in [1.165, 1.54) is 6.42 Å². The molecule has 0 spiro atoms. The van der Waals surface area contributed by atoms with Crippen molar-refractivity contribution in [3.05, 3.63) is 18.6 Å². The number of amides is 1. The zero-order valence-corrected chi connectivity index (χ0v) is 12.8. The van der Waals surface area contributed by atoms with Gasteiger partial charge in [-0.05, 0) is 28.7 Å². The molecule has 0 aromatic carbocycles. The molecule has 1 saturated carbocycles. The smallest absolute Gasteiger partial charge is 0.226 e. The molecule has 0 radical (unpaired) electrons. The Morgan fingerprint density at radius 1 is 1.36 bits per heavy atom. The molecule has 0 saturated heterocycles. The van der Waals surface area contributed by atoms with Gasteiger partial charge in [0.05, 0.1) is 6.54 Å². The number of nitrogens with zero attached hydrogens (tertiary/aromatic N) is 6. The summed E-state index contributed by atoms with van der Waals surface area (Å²) in [4.78, 5) is 12.4. The number of hydrogen-bond acceptors (Lipinski definition) is 5. The standard InChI is InChI=1S/C14H21N7O/c1-20-8-5-12(17-20)16-13(22)9-14(6-3-2-4-7-14)10-21-11-15-18-19-21/h5,8,11H,2-4,6-7,9-10H2,1H3,(H,16,17,22). The van der Waals surface area contributed by atoms with Crippen molar-refractivity contribution in [1.29, 1.82) is 0 Å². The molecule has 22 heavy (non-hydrogen) atoms. The minimum Gasteiger partial charge on any atom is -0.309 e. The molecule has 1 aliphatic carbocycles. The molecule has 0 aliphatic heterocycles. The largest absolute Gasteiger partial charge is 0.309 e. The second-order valence-corrected chi connectivity index (χ2v) is 6.17. The van der Waals surface area contributed by atoms with Gasteiger partial charge in [-0.25, -0.2) is 4.68 Å². The normalized spacial score (nSPS) is 17.3. The average molecular weight is 303 g/mol. The van der Waals surface area contributed by atoms with Gasteiger partial charge < -0.3 is 5.32 Å². The Kier molecular flexibility index (Phi) is 4.17. The third kappa shape index (κ3) is 3.49. The summed E-state index contributed by atoms with van der Waals surface area (Å²) < 4.78 is 3.41. The third-order valence-corrected chi connectivity index (χ3v) is 4.32.